The topological polar surface area (TPSA) is 69.7 Å². The number of aromatic amines is 1. The van der Waals surface area contributed by atoms with Gasteiger partial charge in [-0.1, -0.05) is 6.92 Å². The predicted octanol–water partition coefficient (Wildman–Crippen LogP) is 0.931. The molecule has 2 N–H and O–H groups in total. The number of hydrogen-bond acceptors (Lipinski definition) is 5. The van der Waals surface area contributed by atoms with E-state index in [1.54, 1.807) is 12.7 Å². The molecule has 1 saturated heterocycles. The second kappa shape index (κ2) is 4.89. The fourth-order valence-corrected chi connectivity index (χ4v) is 2.61. The largest absolute Gasteiger partial charge is 0.350 e. The number of aromatic nitrogens is 4. The minimum absolute atomic E-state index is 0.520. The maximum Gasteiger partial charge on any atom is 0.182 e. The number of likely N-dealkylation sites (N-methyl/N-ethyl adjacent to an activating group) is 1. The van der Waals surface area contributed by atoms with Crippen LogP contribution in [0.5, 0.6) is 0 Å². The number of rotatable bonds is 4. The van der Waals surface area contributed by atoms with E-state index in [-0.39, 0.29) is 0 Å². The summed E-state index contributed by atoms with van der Waals surface area (Å²) >= 11 is 0. The van der Waals surface area contributed by atoms with Crippen molar-refractivity contribution in [1.29, 1.82) is 0 Å². The highest BCUT2D eigenvalue weighted by Crippen LogP contribution is 2.27. The van der Waals surface area contributed by atoms with Crippen LogP contribution in [0.25, 0.3) is 11.2 Å². The molecule has 1 unspecified atom stereocenters. The molecule has 96 valence electrons. The van der Waals surface area contributed by atoms with Gasteiger partial charge in [0.05, 0.1) is 6.33 Å². The number of nitrogens with zero attached hydrogens (tertiary/aromatic N) is 4. The molecule has 3 rings (SSSR count). The number of H-pyrrole nitrogens is 1. The van der Waals surface area contributed by atoms with Gasteiger partial charge in [0.15, 0.2) is 11.5 Å². The summed E-state index contributed by atoms with van der Waals surface area (Å²) in [6, 6.07) is 0.520. The van der Waals surface area contributed by atoms with Crippen LogP contribution in [0.1, 0.15) is 19.8 Å². The number of hydrogen-bond donors (Lipinski definition) is 2. The Morgan fingerprint density at radius 2 is 2.39 bits per heavy atom. The number of imidazole rings is 1. The first-order valence-electron chi connectivity index (χ1n) is 6.51. The van der Waals surface area contributed by atoms with E-state index >= 15 is 0 Å². The van der Waals surface area contributed by atoms with Crippen molar-refractivity contribution >= 4 is 17.0 Å². The molecule has 2 aromatic rings. The SMILES string of the molecule is CCNCC1CCCN1c1ncnc2nc[nH]c12. The summed E-state index contributed by atoms with van der Waals surface area (Å²) in [7, 11) is 0. The highest BCUT2D eigenvalue weighted by atomic mass is 15.3. The van der Waals surface area contributed by atoms with E-state index in [1.807, 2.05) is 0 Å². The lowest BCUT2D eigenvalue weighted by molar-refractivity contribution is 0.585. The minimum atomic E-state index is 0.520. The molecule has 1 fully saturated rings. The van der Waals surface area contributed by atoms with E-state index in [0.29, 0.717) is 6.04 Å². The Hall–Kier alpha value is -1.69. The van der Waals surface area contributed by atoms with Gasteiger partial charge in [-0.25, -0.2) is 15.0 Å². The molecule has 1 aliphatic heterocycles. The maximum absolute atomic E-state index is 4.44. The minimum Gasteiger partial charge on any atom is -0.350 e. The highest BCUT2D eigenvalue weighted by molar-refractivity contribution is 5.82. The first-order valence-corrected chi connectivity index (χ1v) is 6.51. The Kier molecular flexibility index (Phi) is 3.10. The standard InChI is InChI=1S/C12H18N6/c1-2-13-6-9-4-3-5-18(9)12-10-11(15-7-14-10)16-8-17-12/h7-9,13H,2-6H2,1H3,(H,14,15,16,17). The smallest absolute Gasteiger partial charge is 0.182 e. The van der Waals surface area contributed by atoms with Crippen molar-refractivity contribution in [2.24, 2.45) is 0 Å². The summed E-state index contributed by atoms with van der Waals surface area (Å²) in [4.78, 5) is 18.3. The number of anilines is 1. The van der Waals surface area contributed by atoms with E-state index in [9.17, 15) is 0 Å². The lowest BCUT2D eigenvalue weighted by Gasteiger charge is -2.25. The van der Waals surface area contributed by atoms with Crippen LogP contribution in [0.2, 0.25) is 0 Å². The summed E-state index contributed by atoms with van der Waals surface area (Å²) in [5.74, 6) is 0.984. The third-order valence-electron chi connectivity index (χ3n) is 3.48. The predicted molar refractivity (Wildman–Crippen MR) is 70.6 cm³/mol. The lowest BCUT2D eigenvalue weighted by atomic mass is 10.2. The van der Waals surface area contributed by atoms with Crippen LogP contribution in [0.4, 0.5) is 5.82 Å². The lowest BCUT2D eigenvalue weighted by Crippen LogP contribution is -2.38. The second-order valence-electron chi connectivity index (χ2n) is 4.60. The third-order valence-corrected chi connectivity index (χ3v) is 3.48. The zero-order valence-corrected chi connectivity index (χ0v) is 10.6. The van der Waals surface area contributed by atoms with Crippen molar-refractivity contribution in [3.05, 3.63) is 12.7 Å². The van der Waals surface area contributed by atoms with Crippen LogP contribution in [-0.4, -0.2) is 45.6 Å². The van der Waals surface area contributed by atoms with E-state index < -0.39 is 0 Å². The molecule has 6 heteroatoms. The highest BCUT2D eigenvalue weighted by Gasteiger charge is 2.27. The fraction of sp³-hybridized carbons (Fsp3) is 0.583. The number of nitrogens with one attached hydrogen (secondary N) is 2. The van der Waals surface area contributed by atoms with Gasteiger partial charge in [-0.05, 0) is 19.4 Å². The molecule has 0 amide bonds. The molecule has 3 heterocycles. The Labute approximate surface area is 106 Å². The van der Waals surface area contributed by atoms with Gasteiger partial charge in [0, 0.05) is 19.1 Å². The van der Waals surface area contributed by atoms with Gasteiger partial charge < -0.3 is 15.2 Å². The van der Waals surface area contributed by atoms with Crippen LogP contribution in [-0.2, 0) is 0 Å². The van der Waals surface area contributed by atoms with Crippen LogP contribution in [0.15, 0.2) is 12.7 Å². The molecule has 0 aliphatic carbocycles. The molecule has 1 aliphatic rings. The summed E-state index contributed by atoms with van der Waals surface area (Å²) in [6.07, 6.45) is 5.71. The molecule has 1 atom stereocenters. The molecule has 2 aromatic heterocycles. The van der Waals surface area contributed by atoms with Crippen molar-refractivity contribution in [3.63, 3.8) is 0 Å². The Morgan fingerprint density at radius 3 is 3.28 bits per heavy atom. The van der Waals surface area contributed by atoms with Gasteiger partial charge in [0.25, 0.3) is 0 Å². The van der Waals surface area contributed by atoms with Crippen molar-refractivity contribution in [1.82, 2.24) is 25.3 Å². The summed E-state index contributed by atoms with van der Waals surface area (Å²) in [5, 5.41) is 3.42. The normalized spacial score (nSPS) is 19.8. The zero-order chi connectivity index (χ0) is 12.4. The third kappa shape index (κ3) is 1.92. The molecule has 0 bridgehead atoms. The summed E-state index contributed by atoms with van der Waals surface area (Å²) < 4.78 is 0. The molecule has 0 saturated carbocycles. The Bertz CT molecular complexity index is 522. The quantitative estimate of drug-likeness (QED) is 0.840. The van der Waals surface area contributed by atoms with Gasteiger partial charge in [-0.2, -0.15) is 0 Å². The van der Waals surface area contributed by atoms with Crippen LogP contribution < -0.4 is 10.2 Å². The first kappa shape index (κ1) is 11.4. The molecular weight excluding hydrogens is 228 g/mol. The average Bonchev–Trinajstić information content (AvgIpc) is 3.04. The average molecular weight is 246 g/mol. The molecule has 18 heavy (non-hydrogen) atoms. The Morgan fingerprint density at radius 1 is 1.44 bits per heavy atom. The molecule has 6 nitrogen and oxygen atoms in total. The fourth-order valence-electron chi connectivity index (χ4n) is 2.61. The van der Waals surface area contributed by atoms with Gasteiger partial charge >= 0.3 is 0 Å². The van der Waals surface area contributed by atoms with Crippen molar-refractivity contribution < 1.29 is 0 Å². The van der Waals surface area contributed by atoms with Crippen molar-refractivity contribution in [2.45, 2.75) is 25.8 Å². The van der Waals surface area contributed by atoms with Crippen LogP contribution >= 0.6 is 0 Å². The van der Waals surface area contributed by atoms with Gasteiger partial charge in [-0.15, -0.1) is 0 Å². The molecule has 0 aromatic carbocycles. The monoisotopic (exact) mass is 246 g/mol. The van der Waals surface area contributed by atoms with E-state index in [0.717, 1.165) is 36.6 Å². The van der Waals surface area contributed by atoms with E-state index in [1.165, 1.54) is 12.8 Å². The van der Waals surface area contributed by atoms with Crippen LogP contribution in [0, 0.1) is 0 Å². The molecular formula is C12H18N6. The Balaban J connectivity index is 1.90. The second-order valence-corrected chi connectivity index (χ2v) is 4.60. The van der Waals surface area contributed by atoms with Crippen molar-refractivity contribution in [2.75, 3.05) is 24.5 Å². The van der Waals surface area contributed by atoms with Crippen LogP contribution in [0.3, 0.4) is 0 Å². The molecule has 0 spiro atoms. The van der Waals surface area contributed by atoms with Gasteiger partial charge in [-0.3, -0.25) is 0 Å². The summed E-state index contributed by atoms with van der Waals surface area (Å²) in [5.41, 5.74) is 1.69. The molecule has 0 radical (unpaired) electrons. The number of fused-ring (bicyclic) bond motifs is 1. The zero-order valence-electron chi connectivity index (χ0n) is 10.6. The first-order chi connectivity index (χ1) is 8.90. The van der Waals surface area contributed by atoms with Gasteiger partial charge in [0.1, 0.15) is 11.8 Å². The van der Waals surface area contributed by atoms with E-state index in [2.05, 4.69) is 37.1 Å². The van der Waals surface area contributed by atoms with Gasteiger partial charge in [0.2, 0.25) is 0 Å². The summed E-state index contributed by atoms with van der Waals surface area (Å²) in [6.45, 7) is 5.21. The maximum atomic E-state index is 4.44. The van der Waals surface area contributed by atoms with E-state index in [4.69, 9.17) is 0 Å². The van der Waals surface area contributed by atoms with Crippen molar-refractivity contribution in [3.8, 4) is 0 Å².